The third-order valence-electron chi connectivity index (χ3n) is 3.49. The predicted molar refractivity (Wildman–Crippen MR) is 86.0 cm³/mol. The smallest absolute Gasteiger partial charge is 0.250 e. The molecule has 1 aromatic rings. The van der Waals surface area contributed by atoms with Crippen LogP contribution in [0.3, 0.4) is 0 Å². The Bertz CT molecular complexity index is 588. The number of methoxy groups -OCH3 is 1. The minimum atomic E-state index is -0.261. The monoisotopic (exact) mass is 319 g/mol. The first-order valence-electron chi connectivity index (χ1n) is 7.55. The lowest BCUT2D eigenvalue weighted by Gasteiger charge is -2.15. The van der Waals surface area contributed by atoms with Gasteiger partial charge in [-0.2, -0.15) is 0 Å². The van der Waals surface area contributed by atoms with E-state index in [0.29, 0.717) is 24.3 Å². The number of nitrogens with zero attached hydrogens (tertiary/aromatic N) is 1. The maximum absolute atomic E-state index is 12.0. The van der Waals surface area contributed by atoms with E-state index in [1.54, 1.807) is 29.2 Å². The topological polar surface area (TPSA) is 87.7 Å². The number of carbonyl (C=O) groups is 3. The van der Waals surface area contributed by atoms with Crippen LogP contribution in [0.4, 0.5) is 11.4 Å². The molecule has 1 aliphatic heterocycles. The van der Waals surface area contributed by atoms with Gasteiger partial charge in [0.15, 0.2) is 0 Å². The first kappa shape index (κ1) is 17.0. The van der Waals surface area contributed by atoms with Gasteiger partial charge in [0, 0.05) is 44.4 Å². The SMILES string of the molecule is COCC(=O)Nc1cccc(NC(=O)CCN2CCCC2=O)c1. The van der Waals surface area contributed by atoms with Crippen LogP contribution in [0.5, 0.6) is 0 Å². The van der Waals surface area contributed by atoms with Crippen molar-refractivity contribution in [1.29, 1.82) is 0 Å². The molecule has 7 nitrogen and oxygen atoms in total. The van der Waals surface area contributed by atoms with Crippen LogP contribution in [0.25, 0.3) is 0 Å². The Balaban J connectivity index is 1.83. The van der Waals surface area contributed by atoms with Crippen molar-refractivity contribution in [3.63, 3.8) is 0 Å². The number of benzene rings is 1. The van der Waals surface area contributed by atoms with Crippen LogP contribution in [0, 0.1) is 0 Å². The zero-order valence-corrected chi connectivity index (χ0v) is 13.1. The lowest BCUT2D eigenvalue weighted by atomic mass is 10.2. The summed E-state index contributed by atoms with van der Waals surface area (Å²) in [6.07, 6.45) is 1.69. The van der Waals surface area contributed by atoms with Crippen molar-refractivity contribution in [3.05, 3.63) is 24.3 Å². The van der Waals surface area contributed by atoms with Crippen LogP contribution >= 0.6 is 0 Å². The largest absolute Gasteiger partial charge is 0.375 e. The summed E-state index contributed by atoms with van der Waals surface area (Å²) in [7, 11) is 1.45. The Hall–Kier alpha value is -2.41. The van der Waals surface area contributed by atoms with Crippen molar-refractivity contribution in [2.45, 2.75) is 19.3 Å². The molecule has 0 radical (unpaired) electrons. The average molecular weight is 319 g/mol. The molecule has 124 valence electrons. The van der Waals surface area contributed by atoms with Gasteiger partial charge in [-0.1, -0.05) is 6.07 Å². The molecule has 1 heterocycles. The normalized spacial score (nSPS) is 14.0. The van der Waals surface area contributed by atoms with Gasteiger partial charge in [-0.3, -0.25) is 14.4 Å². The van der Waals surface area contributed by atoms with Gasteiger partial charge in [0.05, 0.1) is 0 Å². The van der Waals surface area contributed by atoms with E-state index in [1.165, 1.54) is 7.11 Å². The highest BCUT2D eigenvalue weighted by atomic mass is 16.5. The van der Waals surface area contributed by atoms with Crippen LogP contribution in [0.1, 0.15) is 19.3 Å². The van der Waals surface area contributed by atoms with Crippen LogP contribution in [-0.4, -0.2) is 49.4 Å². The summed E-state index contributed by atoms with van der Waals surface area (Å²) in [5.41, 5.74) is 1.18. The fourth-order valence-electron chi connectivity index (χ4n) is 2.40. The number of likely N-dealkylation sites (tertiary alicyclic amines) is 1. The molecule has 1 fully saturated rings. The highest BCUT2D eigenvalue weighted by Crippen LogP contribution is 2.16. The van der Waals surface area contributed by atoms with Gasteiger partial charge in [0.25, 0.3) is 0 Å². The molecule has 1 aliphatic rings. The Labute approximate surface area is 135 Å². The molecule has 0 bridgehead atoms. The van der Waals surface area contributed by atoms with Gasteiger partial charge in [-0.25, -0.2) is 0 Å². The van der Waals surface area contributed by atoms with Crippen molar-refractivity contribution < 1.29 is 19.1 Å². The molecule has 1 saturated heterocycles. The van der Waals surface area contributed by atoms with E-state index in [-0.39, 0.29) is 30.7 Å². The third kappa shape index (κ3) is 5.37. The predicted octanol–water partition coefficient (Wildman–Crippen LogP) is 1.22. The van der Waals surface area contributed by atoms with Gasteiger partial charge in [-0.15, -0.1) is 0 Å². The number of amides is 3. The fourth-order valence-corrected chi connectivity index (χ4v) is 2.40. The van der Waals surface area contributed by atoms with Crippen molar-refractivity contribution in [2.75, 3.05) is 37.4 Å². The van der Waals surface area contributed by atoms with Gasteiger partial charge in [0.2, 0.25) is 17.7 Å². The second kappa shape index (κ2) is 8.28. The second-order valence-corrected chi connectivity index (χ2v) is 5.34. The molecule has 23 heavy (non-hydrogen) atoms. The van der Waals surface area contributed by atoms with Crippen LogP contribution in [0.15, 0.2) is 24.3 Å². The summed E-state index contributed by atoms with van der Waals surface area (Å²) in [5.74, 6) is -0.311. The molecule has 0 aliphatic carbocycles. The lowest BCUT2D eigenvalue weighted by molar-refractivity contribution is -0.128. The molecule has 0 aromatic heterocycles. The average Bonchev–Trinajstić information content (AvgIpc) is 2.91. The summed E-state index contributed by atoms with van der Waals surface area (Å²) in [5, 5.41) is 5.44. The van der Waals surface area contributed by atoms with Gasteiger partial charge in [-0.05, 0) is 24.6 Å². The molecule has 2 rings (SSSR count). The summed E-state index contributed by atoms with van der Waals surface area (Å²) in [6.45, 7) is 1.14. The summed E-state index contributed by atoms with van der Waals surface area (Å²) in [6, 6.07) is 6.88. The summed E-state index contributed by atoms with van der Waals surface area (Å²) < 4.78 is 4.75. The quantitative estimate of drug-likeness (QED) is 0.791. The van der Waals surface area contributed by atoms with E-state index >= 15 is 0 Å². The number of hydrogen-bond acceptors (Lipinski definition) is 4. The van der Waals surface area contributed by atoms with Crippen LogP contribution < -0.4 is 10.6 Å². The van der Waals surface area contributed by atoms with Gasteiger partial charge >= 0.3 is 0 Å². The third-order valence-corrected chi connectivity index (χ3v) is 3.49. The maximum Gasteiger partial charge on any atom is 0.250 e. The standard InChI is InChI=1S/C16H21N3O4/c1-23-11-15(21)18-13-5-2-4-12(10-13)17-14(20)7-9-19-8-3-6-16(19)22/h2,4-5,10H,3,6-9,11H2,1H3,(H,17,20)(H,18,21). The first-order valence-corrected chi connectivity index (χ1v) is 7.55. The Morgan fingerprint density at radius 1 is 1.22 bits per heavy atom. The summed E-state index contributed by atoms with van der Waals surface area (Å²) >= 11 is 0. The molecule has 3 amide bonds. The molecule has 7 heteroatoms. The molecule has 0 atom stereocenters. The van der Waals surface area contributed by atoms with Crippen molar-refractivity contribution >= 4 is 29.1 Å². The second-order valence-electron chi connectivity index (χ2n) is 5.34. The highest BCUT2D eigenvalue weighted by Gasteiger charge is 2.20. The van der Waals surface area contributed by atoms with E-state index < -0.39 is 0 Å². The van der Waals surface area contributed by atoms with Gasteiger partial charge in [0.1, 0.15) is 6.61 Å². The van der Waals surface area contributed by atoms with E-state index in [1.807, 2.05) is 0 Å². The van der Waals surface area contributed by atoms with E-state index in [4.69, 9.17) is 4.74 Å². The van der Waals surface area contributed by atoms with Crippen LogP contribution in [-0.2, 0) is 19.1 Å². The fraction of sp³-hybridized carbons (Fsp3) is 0.438. The molecule has 0 saturated carbocycles. The highest BCUT2D eigenvalue weighted by molar-refractivity contribution is 5.94. The number of anilines is 2. The number of hydrogen-bond donors (Lipinski definition) is 2. The van der Waals surface area contributed by atoms with E-state index in [0.717, 1.165) is 13.0 Å². The lowest BCUT2D eigenvalue weighted by Crippen LogP contribution is -2.28. The Morgan fingerprint density at radius 3 is 2.52 bits per heavy atom. The molecule has 2 N–H and O–H groups in total. The number of ether oxygens (including phenoxy) is 1. The number of carbonyl (C=O) groups excluding carboxylic acids is 3. The van der Waals surface area contributed by atoms with Crippen LogP contribution in [0.2, 0.25) is 0 Å². The Morgan fingerprint density at radius 2 is 1.91 bits per heavy atom. The maximum atomic E-state index is 12.0. The first-order chi connectivity index (χ1) is 11.1. The number of rotatable bonds is 7. The molecular weight excluding hydrogens is 298 g/mol. The minimum Gasteiger partial charge on any atom is -0.375 e. The van der Waals surface area contributed by atoms with Crippen molar-refractivity contribution in [3.8, 4) is 0 Å². The Kier molecular flexibility index (Phi) is 6.10. The number of nitrogens with one attached hydrogen (secondary N) is 2. The van der Waals surface area contributed by atoms with Crippen molar-refractivity contribution in [1.82, 2.24) is 4.90 Å². The van der Waals surface area contributed by atoms with E-state index in [9.17, 15) is 14.4 Å². The van der Waals surface area contributed by atoms with E-state index in [2.05, 4.69) is 10.6 Å². The molecule has 0 spiro atoms. The molecular formula is C16H21N3O4. The van der Waals surface area contributed by atoms with Gasteiger partial charge < -0.3 is 20.3 Å². The molecule has 1 aromatic carbocycles. The van der Waals surface area contributed by atoms with Crippen molar-refractivity contribution in [2.24, 2.45) is 0 Å². The zero-order valence-electron chi connectivity index (χ0n) is 13.1. The summed E-state index contributed by atoms with van der Waals surface area (Å²) in [4.78, 5) is 36.6. The minimum absolute atomic E-state index is 0.0273. The zero-order chi connectivity index (χ0) is 16.7. The molecule has 0 unspecified atom stereocenters.